The molecule has 0 spiro atoms. The van der Waals surface area contributed by atoms with E-state index < -0.39 is 0 Å². The molecule has 2 nitrogen and oxygen atoms in total. The molecular weight excluding hydrogens is 182 g/mol. The zero-order valence-electron chi connectivity index (χ0n) is 8.09. The van der Waals surface area contributed by atoms with Crippen LogP contribution < -0.4 is 5.32 Å². The Hall–Kier alpha value is -0.670. The first-order chi connectivity index (χ1) is 6.24. The molecule has 1 rings (SSSR count). The van der Waals surface area contributed by atoms with Crippen LogP contribution in [-0.2, 0) is 0 Å². The first-order valence-electron chi connectivity index (χ1n) is 4.53. The summed E-state index contributed by atoms with van der Waals surface area (Å²) in [5, 5.41) is 5.02. The van der Waals surface area contributed by atoms with Crippen molar-refractivity contribution < 1.29 is 4.79 Å². The molecule has 1 heterocycles. The fourth-order valence-corrected chi connectivity index (χ4v) is 1.78. The molecule has 0 aliphatic heterocycles. The molecule has 0 unspecified atom stereocenters. The maximum Gasteiger partial charge on any atom is 0.177 e. The van der Waals surface area contributed by atoms with Gasteiger partial charge in [0.2, 0.25) is 0 Å². The van der Waals surface area contributed by atoms with Gasteiger partial charge >= 0.3 is 0 Å². The monoisotopic (exact) mass is 197 g/mol. The molecule has 0 saturated carbocycles. The first kappa shape index (κ1) is 10.4. The molecule has 0 bridgehead atoms. The summed E-state index contributed by atoms with van der Waals surface area (Å²) in [5.74, 6) is 0.192. The van der Waals surface area contributed by atoms with E-state index in [9.17, 15) is 4.79 Å². The van der Waals surface area contributed by atoms with Gasteiger partial charge < -0.3 is 5.32 Å². The average molecular weight is 197 g/mol. The van der Waals surface area contributed by atoms with Crippen molar-refractivity contribution in [3.05, 3.63) is 21.9 Å². The second-order valence-corrected chi connectivity index (χ2v) is 4.16. The Labute approximate surface area is 83.0 Å². The highest BCUT2D eigenvalue weighted by Crippen LogP contribution is 2.12. The smallest absolute Gasteiger partial charge is 0.177 e. The molecule has 0 atom stereocenters. The van der Waals surface area contributed by atoms with Gasteiger partial charge in [-0.1, -0.05) is 6.92 Å². The quantitative estimate of drug-likeness (QED) is 0.579. The van der Waals surface area contributed by atoms with E-state index in [-0.39, 0.29) is 5.78 Å². The molecule has 3 heteroatoms. The van der Waals surface area contributed by atoms with E-state index in [1.807, 2.05) is 18.4 Å². The van der Waals surface area contributed by atoms with E-state index in [0.717, 1.165) is 18.5 Å². The fourth-order valence-electron chi connectivity index (χ4n) is 1.07. The number of hydrogen-bond acceptors (Lipinski definition) is 3. The number of nitrogens with one attached hydrogen (secondary N) is 1. The number of rotatable bonds is 5. The lowest BCUT2D eigenvalue weighted by Crippen LogP contribution is -2.23. The minimum atomic E-state index is 0.192. The molecule has 72 valence electrons. The first-order valence-corrected chi connectivity index (χ1v) is 5.41. The summed E-state index contributed by atoms with van der Waals surface area (Å²) in [7, 11) is 0. The molecule has 1 aromatic heterocycles. The Morgan fingerprint density at radius 1 is 1.62 bits per heavy atom. The predicted octanol–water partition coefficient (Wildman–Crippen LogP) is 2.24. The Morgan fingerprint density at radius 2 is 2.38 bits per heavy atom. The second-order valence-electron chi connectivity index (χ2n) is 3.05. The van der Waals surface area contributed by atoms with Gasteiger partial charge in [-0.2, -0.15) is 0 Å². The third kappa shape index (κ3) is 3.28. The summed E-state index contributed by atoms with van der Waals surface area (Å²) in [6.07, 6.45) is 1.07. The van der Waals surface area contributed by atoms with Gasteiger partial charge in [-0.25, -0.2) is 0 Å². The lowest BCUT2D eigenvalue weighted by atomic mass is 10.2. The van der Waals surface area contributed by atoms with Crippen LogP contribution in [0, 0.1) is 6.92 Å². The highest BCUT2D eigenvalue weighted by Gasteiger charge is 2.05. The maximum atomic E-state index is 11.5. The van der Waals surface area contributed by atoms with E-state index >= 15 is 0 Å². The zero-order valence-corrected chi connectivity index (χ0v) is 8.91. The van der Waals surface area contributed by atoms with Crippen molar-refractivity contribution in [1.82, 2.24) is 5.32 Å². The van der Waals surface area contributed by atoms with E-state index in [1.165, 1.54) is 4.88 Å². The molecule has 0 aromatic carbocycles. The van der Waals surface area contributed by atoms with Gasteiger partial charge in [0.15, 0.2) is 5.78 Å². The van der Waals surface area contributed by atoms with Crippen molar-refractivity contribution in [3.8, 4) is 0 Å². The van der Waals surface area contributed by atoms with Crippen molar-refractivity contribution in [2.45, 2.75) is 20.3 Å². The summed E-state index contributed by atoms with van der Waals surface area (Å²) >= 11 is 1.62. The molecule has 0 radical (unpaired) electrons. The molecule has 0 aliphatic rings. The van der Waals surface area contributed by atoms with E-state index in [2.05, 4.69) is 12.2 Å². The Kier molecular flexibility index (Phi) is 4.12. The van der Waals surface area contributed by atoms with Crippen LogP contribution in [0.3, 0.4) is 0 Å². The van der Waals surface area contributed by atoms with Crippen molar-refractivity contribution in [3.63, 3.8) is 0 Å². The van der Waals surface area contributed by atoms with Crippen LogP contribution in [0.1, 0.15) is 28.6 Å². The van der Waals surface area contributed by atoms with Gasteiger partial charge in [0.25, 0.3) is 0 Å². The van der Waals surface area contributed by atoms with Crippen LogP contribution in [0.2, 0.25) is 0 Å². The van der Waals surface area contributed by atoms with Gasteiger partial charge in [-0.3, -0.25) is 4.79 Å². The molecule has 1 N–H and O–H groups in total. The number of thiophene rings is 1. The lowest BCUT2D eigenvalue weighted by molar-refractivity contribution is 0.0992. The topological polar surface area (TPSA) is 29.1 Å². The fraction of sp³-hybridized carbons (Fsp3) is 0.500. The average Bonchev–Trinajstić information content (AvgIpc) is 2.52. The highest BCUT2D eigenvalue weighted by molar-refractivity contribution is 7.10. The number of carbonyl (C=O) groups excluding carboxylic acids is 1. The van der Waals surface area contributed by atoms with Crippen LogP contribution in [0.5, 0.6) is 0 Å². The predicted molar refractivity (Wildman–Crippen MR) is 56.5 cm³/mol. The normalized spacial score (nSPS) is 10.3. The van der Waals surface area contributed by atoms with E-state index in [4.69, 9.17) is 0 Å². The standard InChI is InChI=1S/C10H15NOS/c1-3-4-11-6-10(12)9-5-8(2)13-7-9/h5,7,11H,3-4,6H2,1-2H3. The minimum absolute atomic E-state index is 0.192. The van der Waals surface area contributed by atoms with Crippen LogP contribution in [0.25, 0.3) is 0 Å². The largest absolute Gasteiger partial charge is 0.310 e. The van der Waals surface area contributed by atoms with Gasteiger partial charge in [-0.05, 0) is 26.0 Å². The van der Waals surface area contributed by atoms with Crippen molar-refractivity contribution in [2.24, 2.45) is 0 Å². The highest BCUT2D eigenvalue weighted by atomic mass is 32.1. The van der Waals surface area contributed by atoms with E-state index in [1.54, 1.807) is 11.3 Å². The number of ketones is 1. The van der Waals surface area contributed by atoms with Crippen molar-refractivity contribution in [2.75, 3.05) is 13.1 Å². The molecule has 0 saturated heterocycles. The molecule has 0 amide bonds. The summed E-state index contributed by atoms with van der Waals surface area (Å²) in [5.41, 5.74) is 0.839. The van der Waals surface area contributed by atoms with Gasteiger partial charge in [0, 0.05) is 15.8 Å². The number of hydrogen-bond donors (Lipinski definition) is 1. The van der Waals surface area contributed by atoms with Crippen LogP contribution in [0.15, 0.2) is 11.4 Å². The summed E-state index contributed by atoms with van der Waals surface area (Å²) in [4.78, 5) is 12.7. The Balaban J connectivity index is 2.40. The van der Waals surface area contributed by atoms with Crippen LogP contribution in [-0.4, -0.2) is 18.9 Å². The van der Waals surface area contributed by atoms with Crippen molar-refractivity contribution in [1.29, 1.82) is 0 Å². The summed E-state index contributed by atoms with van der Waals surface area (Å²) < 4.78 is 0. The van der Waals surface area contributed by atoms with Crippen LogP contribution >= 0.6 is 11.3 Å². The minimum Gasteiger partial charge on any atom is -0.310 e. The Bertz CT molecular complexity index is 280. The molecule has 13 heavy (non-hydrogen) atoms. The summed E-state index contributed by atoms with van der Waals surface area (Å²) in [6, 6.07) is 1.95. The van der Waals surface area contributed by atoms with Crippen molar-refractivity contribution >= 4 is 17.1 Å². The lowest BCUT2D eigenvalue weighted by Gasteiger charge is -1.99. The van der Waals surface area contributed by atoms with Gasteiger partial charge in [0.05, 0.1) is 6.54 Å². The number of Topliss-reactive ketones (excluding diaryl/α,β-unsaturated/α-hetero) is 1. The maximum absolute atomic E-state index is 11.5. The molecule has 1 aromatic rings. The second kappa shape index (κ2) is 5.14. The van der Waals surface area contributed by atoms with Gasteiger partial charge in [0.1, 0.15) is 0 Å². The molecular formula is C10H15NOS. The molecule has 0 aliphatic carbocycles. The third-order valence-electron chi connectivity index (χ3n) is 1.76. The van der Waals surface area contributed by atoms with Crippen LogP contribution in [0.4, 0.5) is 0 Å². The third-order valence-corrected chi connectivity index (χ3v) is 2.63. The number of aryl methyl sites for hydroxylation is 1. The van der Waals surface area contributed by atoms with Gasteiger partial charge in [-0.15, -0.1) is 11.3 Å². The number of carbonyl (C=O) groups is 1. The summed E-state index contributed by atoms with van der Waals surface area (Å²) in [6.45, 7) is 5.48. The van der Waals surface area contributed by atoms with E-state index in [0.29, 0.717) is 6.54 Å². The SMILES string of the molecule is CCCNCC(=O)c1csc(C)c1. The zero-order chi connectivity index (χ0) is 9.68. The molecule has 0 fully saturated rings. The Morgan fingerprint density at radius 3 is 2.92 bits per heavy atom.